The standard InChI is InChI=1S/C14H13N3O2S/c1-2-17-8-9(5-6-11(17)18)13-12(16-14(15)20-13)10-4-3-7-19-10/h3-8H,2H2,1H3,(H2,15,16). The van der Waals surface area contributed by atoms with Gasteiger partial charge in [-0.05, 0) is 25.1 Å². The predicted octanol–water partition coefficient (Wildman–Crippen LogP) is 2.83. The highest BCUT2D eigenvalue weighted by atomic mass is 32.1. The lowest BCUT2D eigenvalue weighted by molar-refractivity contribution is 0.581. The fourth-order valence-electron chi connectivity index (χ4n) is 2.03. The third-order valence-corrected chi connectivity index (χ3v) is 3.92. The Kier molecular flexibility index (Phi) is 3.15. The first-order chi connectivity index (χ1) is 9.69. The average molecular weight is 287 g/mol. The van der Waals surface area contributed by atoms with Crippen LogP contribution in [0, 0.1) is 0 Å². The first kappa shape index (κ1) is 12.7. The molecular weight excluding hydrogens is 274 g/mol. The number of nitrogens with two attached hydrogens (primary N) is 1. The van der Waals surface area contributed by atoms with E-state index in [4.69, 9.17) is 10.2 Å². The molecule has 0 aliphatic heterocycles. The molecule has 0 aliphatic rings. The molecule has 3 aromatic heterocycles. The van der Waals surface area contributed by atoms with E-state index in [0.717, 1.165) is 10.4 Å². The molecule has 0 saturated heterocycles. The Bertz CT molecular complexity index is 787. The zero-order chi connectivity index (χ0) is 14.1. The Hall–Kier alpha value is -2.34. The molecule has 0 saturated carbocycles. The normalized spacial score (nSPS) is 10.8. The van der Waals surface area contributed by atoms with Crippen molar-refractivity contribution in [3.8, 4) is 21.9 Å². The number of aromatic nitrogens is 2. The van der Waals surface area contributed by atoms with Crippen molar-refractivity contribution < 1.29 is 4.42 Å². The summed E-state index contributed by atoms with van der Waals surface area (Å²) in [5.74, 6) is 0.669. The molecular formula is C14H13N3O2S. The highest BCUT2D eigenvalue weighted by Crippen LogP contribution is 2.37. The zero-order valence-corrected chi connectivity index (χ0v) is 11.7. The molecule has 20 heavy (non-hydrogen) atoms. The van der Waals surface area contributed by atoms with Crippen LogP contribution in [0.1, 0.15) is 6.92 Å². The van der Waals surface area contributed by atoms with Crippen molar-refractivity contribution in [3.63, 3.8) is 0 Å². The number of nitrogens with zero attached hydrogens (tertiary/aromatic N) is 2. The summed E-state index contributed by atoms with van der Waals surface area (Å²) in [5, 5.41) is 0.473. The van der Waals surface area contributed by atoms with Crippen molar-refractivity contribution >= 4 is 16.5 Å². The molecule has 2 N–H and O–H groups in total. The minimum absolute atomic E-state index is 0.0201. The van der Waals surface area contributed by atoms with E-state index in [9.17, 15) is 4.79 Å². The van der Waals surface area contributed by atoms with Crippen LogP contribution in [0.25, 0.3) is 21.9 Å². The molecule has 5 nitrogen and oxygen atoms in total. The van der Waals surface area contributed by atoms with E-state index in [1.165, 1.54) is 11.3 Å². The van der Waals surface area contributed by atoms with Gasteiger partial charge >= 0.3 is 0 Å². The lowest BCUT2D eigenvalue weighted by Crippen LogP contribution is -2.16. The van der Waals surface area contributed by atoms with Crippen molar-refractivity contribution in [2.24, 2.45) is 0 Å². The second kappa shape index (κ2) is 4.97. The van der Waals surface area contributed by atoms with Crippen molar-refractivity contribution in [1.29, 1.82) is 0 Å². The number of anilines is 1. The Labute approximate surface area is 119 Å². The molecule has 0 aromatic carbocycles. The summed E-state index contributed by atoms with van der Waals surface area (Å²) in [6.45, 7) is 2.55. The monoisotopic (exact) mass is 287 g/mol. The first-order valence-electron chi connectivity index (χ1n) is 6.20. The molecule has 0 atom stereocenters. The molecule has 3 heterocycles. The maximum Gasteiger partial charge on any atom is 0.250 e. The van der Waals surface area contributed by atoms with Gasteiger partial charge in [0.2, 0.25) is 0 Å². The van der Waals surface area contributed by atoms with E-state index in [1.807, 2.05) is 25.3 Å². The van der Waals surface area contributed by atoms with Gasteiger partial charge in [-0.15, -0.1) is 0 Å². The van der Waals surface area contributed by atoms with Crippen LogP contribution in [0.5, 0.6) is 0 Å². The first-order valence-corrected chi connectivity index (χ1v) is 7.01. The SMILES string of the molecule is CCn1cc(-c2sc(N)nc2-c2ccco2)ccc1=O. The summed E-state index contributed by atoms with van der Waals surface area (Å²) >= 11 is 1.38. The summed E-state index contributed by atoms with van der Waals surface area (Å²) in [6, 6.07) is 6.99. The Morgan fingerprint density at radius 3 is 2.95 bits per heavy atom. The topological polar surface area (TPSA) is 74.1 Å². The maximum absolute atomic E-state index is 11.7. The number of hydrogen-bond donors (Lipinski definition) is 1. The molecule has 0 radical (unpaired) electrons. The van der Waals surface area contributed by atoms with Gasteiger partial charge in [-0.3, -0.25) is 4.79 Å². The van der Waals surface area contributed by atoms with Gasteiger partial charge in [0.25, 0.3) is 5.56 Å². The largest absolute Gasteiger partial charge is 0.463 e. The Morgan fingerprint density at radius 2 is 2.25 bits per heavy atom. The average Bonchev–Trinajstić information content (AvgIpc) is 3.08. The number of nitrogen functional groups attached to an aromatic ring is 1. The zero-order valence-electron chi connectivity index (χ0n) is 10.9. The van der Waals surface area contributed by atoms with Crippen LogP contribution in [-0.2, 0) is 6.54 Å². The summed E-state index contributed by atoms with van der Waals surface area (Å²) in [7, 11) is 0. The van der Waals surface area contributed by atoms with Crippen LogP contribution in [-0.4, -0.2) is 9.55 Å². The molecule has 0 fully saturated rings. The minimum Gasteiger partial charge on any atom is -0.463 e. The molecule has 6 heteroatoms. The molecule has 0 spiro atoms. The van der Waals surface area contributed by atoms with Gasteiger partial charge in [0.05, 0.1) is 11.1 Å². The summed E-state index contributed by atoms with van der Waals surface area (Å²) in [5.41, 5.74) is 7.42. The molecule has 3 aromatic rings. The Balaban J connectivity index is 2.18. The van der Waals surface area contributed by atoms with E-state index >= 15 is 0 Å². The maximum atomic E-state index is 11.7. The highest BCUT2D eigenvalue weighted by Gasteiger charge is 2.16. The lowest BCUT2D eigenvalue weighted by Gasteiger charge is -2.05. The predicted molar refractivity (Wildman–Crippen MR) is 79.6 cm³/mol. The van der Waals surface area contributed by atoms with Gasteiger partial charge < -0.3 is 14.7 Å². The van der Waals surface area contributed by atoms with Gasteiger partial charge in [-0.25, -0.2) is 4.98 Å². The second-order valence-electron chi connectivity index (χ2n) is 4.25. The summed E-state index contributed by atoms with van der Waals surface area (Å²) in [4.78, 5) is 16.9. The fourth-order valence-corrected chi connectivity index (χ4v) is 2.85. The van der Waals surface area contributed by atoms with Crippen LogP contribution < -0.4 is 11.3 Å². The van der Waals surface area contributed by atoms with E-state index in [0.29, 0.717) is 23.1 Å². The van der Waals surface area contributed by atoms with Crippen LogP contribution >= 0.6 is 11.3 Å². The molecule has 3 rings (SSSR count). The molecule has 0 unspecified atom stereocenters. The Morgan fingerprint density at radius 1 is 1.40 bits per heavy atom. The molecule has 0 amide bonds. The highest BCUT2D eigenvalue weighted by molar-refractivity contribution is 7.19. The van der Waals surface area contributed by atoms with E-state index in [1.54, 1.807) is 23.0 Å². The van der Waals surface area contributed by atoms with E-state index < -0.39 is 0 Å². The number of pyridine rings is 1. The van der Waals surface area contributed by atoms with Gasteiger partial charge in [0, 0.05) is 24.4 Å². The van der Waals surface area contributed by atoms with Gasteiger partial charge in [-0.2, -0.15) is 0 Å². The molecule has 0 bridgehead atoms. The van der Waals surface area contributed by atoms with Crippen molar-refractivity contribution in [2.45, 2.75) is 13.5 Å². The van der Waals surface area contributed by atoms with Crippen LogP contribution in [0.15, 0.2) is 45.9 Å². The number of aryl methyl sites for hydroxylation is 1. The second-order valence-corrected chi connectivity index (χ2v) is 5.28. The third kappa shape index (κ3) is 2.14. The third-order valence-electron chi connectivity index (χ3n) is 2.98. The van der Waals surface area contributed by atoms with Crippen molar-refractivity contribution in [2.75, 3.05) is 5.73 Å². The van der Waals surface area contributed by atoms with Crippen molar-refractivity contribution in [3.05, 3.63) is 47.1 Å². The summed E-state index contributed by atoms with van der Waals surface area (Å²) in [6.07, 6.45) is 3.42. The number of hydrogen-bond acceptors (Lipinski definition) is 5. The lowest BCUT2D eigenvalue weighted by atomic mass is 10.2. The van der Waals surface area contributed by atoms with E-state index in [-0.39, 0.29) is 5.56 Å². The fraction of sp³-hybridized carbons (Fsp3) is 0.143. The molecule has 0 aliphatic carbocycles. The van der Waals surface area contributed by atoms with Crippen LogP contribution in [0.2, 0.25) is 0 Å². The smallest absolute Gasteiger partial charge is 0.250 e. The minimum atomic E-state index is -0.0201. The van der Waals surface area contributed by atoms with E-state index in [2.05, 4.69) is 4.98 Å². The summed E-state index contributed by atoms with van der Waals surface area (Å²) < 4.78 is 7.05. The number of rotatable bonds is 3. The van der Waals surface area contributed by atoms with Gasteiger partial charge in [-0.1, -0.05) is 11.3 Å². The van der Waals surface area contributed by atoms with Crippen molar-refractivity contribution in [1.82, 2.24) is 9.55 Å². The number of furan rings is 1. The van der Waals surface area contributed by atoms with Crippen LogP contribution in [0.4, 0.5) is 5.13 Å². The number of thiazole rings is 1. The van der Waals surface area contributed by atoms with Crippen LogP contribution in [0.3, 0.4) is 0 Å². The molecule has 102 valence electrons. The van der Waals surface area contributed by atoms with Gasteiger partial charge in [0.1, 0.15) is 5.69 Å². The van der Waals surface area contributed by atoms with Gasteiger partial charge in [0.15, 0.2) is 10.9 Å². The quantitative estimate of drug-likeness (QED) is 0.803.